The van der Waals surface area contributed by atoms with Crippen LogP contribution in [0.25, 0.3) is 0 Å². The van der Waals surface area contributed by atoms with Gasteiger partial charge in [0.2, 0.25) is 10.0 Å². The van der Waals surface area contributed by atoms with E-state index in [0.717, 1.165) is 16.4 Å². The zero-order valence-corrected chi connectivity index (χ0v) is 11.0. The van der Waals surface area contributed by atoms with E-state index in [1.54, 1.807) is 0 Å². The molecule has 0 heterocycles. The number of carboxylic acid groups (broad SMARTS) is 1. The summed E-state index contributed by atoms with van der Waals surface area (Å²) in [6, 6.07) is 5.26. The van der Waals surface area contributed by atoms with E-state index in [1.165, 1.54) is 13.1 Å². The van der Waals surface area contributed by atoms with Crippen molar-refractivity contribution in [3.05, 3.63) is 23.8 Å². The third-order valence-electron chi connectivity index (χ3n) is 2.48. The Kier molecular flexibility index (Phi) is 4.47. The highest BCUT2D eigenvalue weighted by molar-refractivity contribution is 7.89. The number of carboxylic acids is 1. The molecule has 0 atom stereocenters. The fourth-order valence-electron chi connectivity index (χ4n) is 1.41. The zero-order valence-electron chi connectivity index (χ0n) is 10.2. The lowest BCUT2D eigenvalue weighted by atomic mass is 10.2. The van der Waals surface area contributed by atoms with Gasteiger partial charge in [-0.3, -0.25) is 0 Å². The third-order valence-corrected chi connectivity index (χ3v) is 4.41. The molecule has 0 aliphatic heterocycles. The Morgan fingerprint density at radius 2 is 2.16 bits per heavy atom. The first-order valence-corrected chi connectivity index (χ1v) is 6.71. The summed E-state index contributed by atoms with van der Waals surface area (Å²) in [5, 5.41) is 17.2. The number of rotatable bonds is 5. The highest BCUT2D eigenvalue weighted by Crippen LogP contribution is 2.23. The Balaban J connectivity index is 3.16. The molecule has 0 aliphatic carbocycles. The number of anilines is 1. The smallest absolute Gasteiger partial charge is 0.335 e. The van der Waals surface area contributed by atoms with Crippen LogP contribution in [0.1, 0.15) is 16.8 Å². The van der Waals surface area contributed by atoms with Gasteiger partial charge in [0.05, 0.1) is 17.3 Å². The molecule has 0 saturated carbocycles. The second-order valence-electron chi connectivity index (χ2n) is 3.79. The molecule has 0 aromatic heterocycles. The fraction of sp³-hybridized carbons (Fsp3) is 0.273. The Hall–Kier alpha value is -2.11. The minimum absolute atomic E-state index is 0.0406. The monoisotopic (exact) mass is 283 g/mol. The van der Waals surface area contributed by atoms with Crippen molar-refractivity contribution in [1.29, 1.82) is 5.26 Å². The molecule has 3 N–H and O–H groups in total. The van der Waals surface area contributed by atoms with Crippen LogP contribution in [0, 0.1) is 11.3 Å². The highest BCUT2D eigenvalue weighted by atomic mass is 32.2. The van der Waals surface area contributed by atoms with Crippen LogP contribution in [-0.2, 0) is 10.0 Å². The predicted octanol–water partition coefficient (Wildman–Crippen LogP) is 0.501. The van der Waals surface area contributed by atoms with Crippen molar-refractivity contribution >= 4 is 21.7 Å². The van der Waals surface area contributed by atoms with Gasteiger partial charge in [-0.05, 0) is 18.2 Å². The molecular formula is C11H13N3O4S. The van der Waals surface area contributed by atoms with Gasteiger partial charge >= 0.3 is 5.97 Å². The summed E-state index contributed by atoms with van der Waals surface area (Å²) in [6.45, 7) is 0.0406. The third kappa shape index (κ3) is 3.21. The van der Waals surface area contributed by atoms with Crippen LogP contribution in [0.4, 0.5) is 5.69 Å². The summed E-state index contributed by atoms with van der Waals surface area (Å²) in [5.74, 6) is -1.19. The number of benzene rings is 1. The molecule has 0 bridgehead atoms. The SMILES string of the molecule is CN(CCC#N)S(=O)(=O)c1ccc(C(=O)O)cc1N. The number of nitrogen functional groups attached to an aromatic ring is 1. The van der Waals surface area contributed by atoms with E-state index in [0.29, 0.717) is 0 Å². The molecule has 1 aromatic rings. The van der Waals surface area contributed by atoms with E-state index in [2.05, 4.69) is 0 Å². The lowest BCUT2D eigenvalue weighted by molar-refractivity contribution is 0.0697. The maximum absolute atomic E-state index is 12.1. The van der Waals surface area contributed by atoms with Gasteiger partial charge in [-0.2, -0.15) is 9.57 Å². The molecule has 0 aliphatic rings. The molecule has 0 unspecified atom stereocenters. The summed E-state index contributed by atoms with van der Waals surface area (Å²) in [6.07, 6.45) is 0.0584. The number of nitriles is 1. The number of carbonyl (C=O) groups is 1. The van der Waals surface area contributed by atoms with Crippen molar-refractivity contribution in [3.8, 4) is 6.07 Å². The Labute approximate surface area is 110 Å². The van der Waals surface area contributed by atoms with Crippen LogP contribution in [0.15, 0.2) is 23.1 Å². The number of nitrogens with two attached hydrogens (primary N) is 1. The minimum atomic E-state index is -3.82. The van der Waals surface area contributed by atoms with E-state index < -0.39 is 16.0 Å². The summed E-state index contributed by atoms with van der Waals surface area (Å²) >= 11 is 0. The molecule has 0 amide bonds. The van der Waals surface area contributed by atoms with Gasteiger partial charge in [0.25, 0.3) is 0 Å². The van der Waals surface area contributed by atoms with Gasteiger partial charge in [0.1, 0.15) is 4.90 Å². The number of nitrogens with zero attached hydrogens (tertiary/aromatic N) is 2. The lowest BCUT2D eigenvalue weighted by Gasteiger charge is -2.17. The van der Waals surface area contributed by atoms with Gasteiger partial charge in [0.15, 0.2) is 0 Å². The van der Waals surface area contributed by atoms with Gasteiger partial charge in [0, 0.05) is 20.0 Å². The molecule has 8 heteroatoms. The van der Waals surface area contributed by atoms with Crippen molar-refractivity contribution in [2.75, 3.05) is 19.3 Å². The Morgan fingerprint density at radius 3 is 2.63 bits per heavy atom. The topological polar surface area (TPSA) is 124 Å². The molecule has 0 saturated heterocycles. The largest absolute Gasteiger partial charge is 0.478 e. The molecular weight excluding hydrogens is 270 g/mol. The summed E-state index contributed by atoms with van der Waals surface area (Å²) in [4.78, 5) is 10.6. The summed E-state index contributed by atoms with van der Waals surface area (Å²) in [5.41, 5.74) is 5.36. The van der Waals surface area contributed by atoms with Crippen LogP contribution in [0.3, 0.4) is 0 Å². The van der Waals surface area contributed by atoms with Crippen LogP contribution >= 0.6 is 0 Å². The first-order valence-electron chi connectivity index (χ1n) is 5.27. The first-order chi connectivity index (χ1) is 8.80. The van der Waals surface area contributed by atoms with Crippen molar-refractivity contribution in [2.45, 2.75) is 11.3 Å². The van der Waals surface area contributed by atoms with Crippen LogP contribution < -0.4 is 5.73 Å². The van der Waals surface area contributed by atoms with E-state index in [-0.39, 0.29) is 29.1 Å². The van der Waals surface area contributed by atoms with Crippen molar-refractivity contribution in [3.63, 3.8) is 0 Å². The lowest BCUT2D eigenvalue weighted by Crippen LogP contribution is -2.28. The number of aromatic carboxylic acids is 1. The van der Waals surface area contributed by atoms with Crippen molar-refractivity contribution < 1.29 is 18.3 Å². The van der Waals surface area contributed by atoms with E-state index in [1.807, 2.05) is 6.07 Å². The molecule has 102 valence electrons. The molecule has 0 radical (unpaired) electrons. The average molecular weight is 283 g/mol. The number of hydrogen-bond donors (Lipinski definition) is 2. The predicted molar refractivity (Wildman–Crippen MR) is 67.9 cm³/mol. The molecule has 0 fully saturated rings. The molecule has 0 spiro atoms. The quantitative estimate of drug-likeness (QED) is 0.758. The molecule has 1 rings (SSSR count). The molecule has 19 heavy (non-hydrogen) atoms. The average Bonchev–Trinajstić information content (AvgIpc) is 2.35. The second-order valence-corrected chi connectivity index (χ2v) is 5.81. The highest BCUT2D eigenvalue weighted by Gasteiger charge is 2.23. The Morgan fingerprint density at radius 1 is 1.53 bits per heavy atom. The first kappa shape index (κ1) is 14.9. The molecule has 1 aromatic carbocycles. The van der Waals surface area contributed by atoms with E-state index >= 15 is 0 Å². The van der Waals surface area contributed by atoms with Gasteiger partial charge in [-0.25, -0.2) is 13.2 Å². The van der Waals surface area contributed by atoms with Gasteiger partial charge in [-0.15, -0.1) is 0 Å². The van der Waals surface area contributed by atoms with E-state index in [9.17, 15) is 13.2 Å². The van der Waals surface area contributed by atoms with Gasteiger partial charge in [-0.1, -0.05) is 0 Å². The van der Waals surface area contributed by atoms with Crippen molar-refractivity contribution in [2.24, 2.45) is 0 Å². The fourth-order valence-corrected chi connectivity index (χ4v) is 2.68. The van der Waals surface area contributed by atoms with Crippen molar-refractivity contribution in [1.82, 2.24) is 4.31 Å². The van der Waals surface area contributed by atoms with Crippen LogP contribution in [0.2, 0.25) is 0 Å². The second kappa shape index (κ2) is 5.69. The molecule has 7 nitrogen and oxygen atoms in total. The van der Waals surface area contributed by atoms with Crippen LogP contribution in [-0.4, -0.2) is 37.4 Å². The maximum Gasteiger partial charge on any atom is 0.335 e. The maximum atomic E-state index is 12.1. The summed E-state index contributed by atoms with van der Waals surface area (Å²) < 4.78 is 25.3. The normalized spacial score (nSPS) is 11.2. The van der Waals surface area contributed by atoms with E-state index in [4.69, 9.17) is 16.1 Å². The zero-order chi connectivity index (χ0) is 14.6. The standard InChI is InChI=1S/C11H13N3O4S/c1-14(6-2-5-12)19(17,18)10-4-3-8(11(15)16)7-9(10)13/h3-4,7H,2,6,13H2,1H3,(H,15,16). The Bertz CT molecular complexity index is 634. The minimum Gasteiger partial charge on any atom is -0.478 e. The van der Waals surface area contributed by atoms with Crippen LogP contribution in [0.5, 0.6) is 0 Å². The summed E-state index contributed by atoms with van der Waals surface area (Å²) in [7, 11) is -2.49. The number of hydrogen-bond acceptors (Lipinski definition) is 5. The van der Waals surface area contributed by atoms with Gasteiger partial charge < -0.3 is 10.8 Å². The number of sulfonamides is 1.